The minimum absolute atomic E-state index is 0.163. The molecule has 3 nitrogen and oxygen atoms in total. The van der Waals surface area contributed by atoms with Gasteiger partial charge in [-0.3, -0.25) is 4.79 Å². The van der Waals surface area contributed by atoms with Crippen LogP contribution in [0.15, 0.2) is 57.7 Å². The molecule has 3 rings (SSSR count). The molecule has 0 aliphatic heterocycles. The van der Waals surface area contributed by atoms with Gasteiger partial charge in [-0.05, 0) is 42.5 Å². The molecule has 2 aromatic carbocycles. The summed E-state index contributed by atoms with van der Waals surface area (Å²) in [5.74, 6) is 0.675. The maximum atomic E-state index is 12.9. The highest BCUT2D eigenvalue weighted by atomic mass is 19.1. The second-order valence-corrected chi connectivity index (χ2v) is 4.34. The number of methoxy groups -OCH3 is 1. The van der Waals surface area contributed by atoms with Gasteiger partial charge in [-0.15, -0.1) is 0 Å². The second kappa shape index (κ2) is 4.81. The van der Waals surface area contributed by atoms with Gasteiger partial charge in [0.2, 0.25) is 0 Å². The van der Waals surface area contributed by atoms with Crippen LogP contribution in [0.2, 0.25) is 0 Å². The summed E-state index contributed by atoms with van der Waals surface area (Å²) >= 11 is 0. The zero-order valence-corrected chi connectivity index (χ0v) is 10.7. The fraction of sp³-hybridized carbons (Fsp3) is 0.0625. The van der Waals surface area contributed by atoms with E-state index in [9.17, 15) is 9.18 Å². The average Bonchev–Trinajstić information content (AvgIpc) is 2.47. The van der Waals surface area contributed by atoms with E-state index in [1.54, 1.807) is 30.3 Å². The summed E-state index contributed by atoms with van der Waals surface area (Å²) in [6, 6.07) is 12.2. The smallest absolute Gasteiger partial charge is 0.193 e. The molecule has 0 aliphatic carbocycles. The maximum absolute atomic E-state index is 12.9. The molecule has 20 heavy (non-hydrogen) atoms. The van der Waals surface area contributed by atoms with Crippen molar-refractivity contribution in [3.63, 3.8) is 0 Å². The highest BCUT2D eigenvalue weighted by molar-refractivity contribution is 5.80. The van der Waals surface area contributed by atoms with Gasteiger partial charge >= 0.3 is 0 Å². The molecule has 0 radical (unpaired) electrons. The van der Waals surface area contributed by atoms with Gasteiger partial charge < -0.3 is 9.15 Å². The summed E-state index contributed by atoms with van der Waals surface area (Å²) in [5.41, 5.74) is 0.961. The first-order valence-corrected chi connectivity index (χ1v) is 6.05. The molecule has 1 aromatic heterocycles. The van der Waals surface area contributed by atoms with E-state index in [1.807, 2.05) is 0 Å². The number of hydrogen-bond donors (Lipinski definition) is 0. The van der Waals surface area contributed by atoms with Crippen molar-refractivity contribution in [2.45, 2.75) is 0 Å². The maximum Gasteiger partial charge on any atom is 0.193 e. The van der Waals surface area contributed by atoms with Gasteiger partial charge in [0.15, 0.2) is 5.43 Å². The Kier molecular flexibility index (Phi) is 2.99. The highest BCUT2D eigenvalue weighted by Gasteiger charge is 2.08. The lowest BCUT2D eigenvalue weighted by Crippen LogP contribution is -2.00. The number of fused-ring (bicyclic) bond motifs is 1. The van der Waals surface area contributed by atoms with Crippen LogP contribution in [0.1, 0.15) is 0 Å². The van der Waals surface area contributed by atoms with Gasteiger partial charge in [0.1, 0.15) is 22.9 Å². The zero-order chi connectivity index (χ0) is 14.1. The molecule has 0 bridgehead atoms. The van der Waals surface area contributed by atoms with Crippen LogP contribution in [0, 0.1) is 5.82 Å². The van der Waals surface area contributed by atoms with Crippen LogP contribution in [0.3, 0.4) is 0 Å². The first-order chi connectivity index (χ1) is 9.67. The first-order valence-electron chi connectivity index (χ1n) is 6.05. The molecule has 0 amide bonds. The summed E-state index contributed by atoms with van der Waals surface area (Å²) in [7, 11) is 1.54. The van der Waals surface area contributed by atoms with Gasteiger partial charge in [0.25, 0.3) is 0 Å². The summed E-state index contributed by atoms with van der Waals surface area (Å²) in [5, 5.41) is 0.454. The lowest BCUT2D eigenvalue weighted by Gasteiger charge is -2.05. The molecular formula is C16H11FO3. The van der Waals surface area contributed by atoms with Crippen molar-refractivity contribution in [3.05, 3.63) is 64.6 Å². The Morgan fingerprint density at radius 1 is 1.05 bits per heavy atom. The summed E-state index contributed by atoms with van der Waals surface area (Å²) in [6.45, 7) is 0. The molecule has 3 aromatic rings. The number of hydrogen-bond acceptors (Lipinski definition) is 3. The minimum Gasteiger partial charge on any atom is -0.497 e. The van der Waals surface area contributed by atoms with Crippen molar-refractivity contribution in [1.82, 2.24) is 0 Å². The minimum atomic E-state index is -0.332. The molecule has 0 N–H and O–H groups in total. The van der Waals surface area contributed by atoms with Crippen molar-refractivity contribution in [1.29, 1.82) is 0 Å². The van der Waals surface area contributed by atoms with Crippen molar-refractivity contribution in [3.8, 4) is 17.1 Å². The van der Waals surface area contributed by atoms with E-state index < -0.39 is 0 Å². The van der Waals surface area contributed by atoms with E-state index in [0.717, 1.165) is 0 Å². The number of halogens is 1. The lowest BCUT2D eigenvalue weighted by molar-refractivity contribution is 0.415. The molecule has 0 spiro atoms. The summed E-state index contributed by atoms with van der Waals surface area (Å²) < 4.78 is 23.7. The fourth-order valence-electron chi connectivity index (χ4n) is 2.02. The molecule has 0 saturated carbocycles. The Labute approximate surface area is 114 Å². The standard InChI is InChI=1S/C16H11FO3/c1-19-12-6-7-15-13(8-12)14(18)9-16(20-15)10-2-4-11(17)5-3-10/h2-9H,1H3. The molecule has 0 fully saturated rings. The second-order valence-electron chi connectivity index (χ2n) is 4.34. The Morgan fingerprint density at radius 2 is 1.80 bits per heavy atom. The lowest BCUT2D eigenvalue weighted by atomic mass is 10.1. The van der Waals surface area contributed by atoms with Crippen molar-refractivity contribution < 1.29 is 13.5 Å². The summed E-state index contributed by atoms with van der Waals surface area (Å²) in [6.07, 6.45) is 0. The third-order valence-electron chi connectivity index (χ3n) is 3.06. The first kappa shape index (κ1) is 12.4. The van der Waals surface area contributed by atoms with Crippen LogP contribution >= 0.6 is 0 Å². The van der Waals surface area contributed by atoms with Crippen LogP contribution < -0.4 is 10.2 Å². The van der Waals surface area contributed by atoms with Crippen molar-refractivity contribution >= 4 is 11.0 Å². The van der Waals surface area contributed by atoms with Gasteiger partial charge in [-0.25, -0.2) is 4.39 Å². The van der Waals surface area contributed by atoms with Crippen LogP contribution in [0.5, 0.6) is 5.75 Å². The Morgan fingerprint density at radius 3 is 2.50 bits per heavy atom. The molecule has 0 atom stereocenters. The predicted octanol–water partition coefficient (Wildman–Crippen LogP) is 3.61. The molecule has 4 heteroatoms. The molecule has 1 heterocycles. The number of benzene rings is 2. The Hall–Kier alpha value is -2.62. The molecule has 0 aliphatic rings. The highest BCUT2D eigenvalue weighted by Crippen LogP contribution is 2.24. The third kappa shape index (κ3) is 2.16. The van der Waals surface area contributed by atoms with Crippen LogP contribution in [0.25, 0.3) is 22.3 Å². The van der Waals surface area contributed by atoms with Crippen LogP contribution in [0.4, 0.5) is 4.39 Å². The van der Waals surface area contributed by atoms with Crippen molar-refractivity contribution in [2.24, 2.45) is 0 Å². The number of ether oxygens (including phenoxy) is 1. The monoisotopic (exact) mass is 270 g/mol. The van der Waals surface area contributed by atoms with Gasteiger partial charge in [0.05, 0.1) is 12.5 Å². The summed E-state index contributed by atoms with van der Waals surface area (Å²) in [4.78, 5) is 12.1. The van der Waals surface area contributed by atoms with Gasteiger partial charge in [-0.1, -0.05) is 0 Å². The molecular weight excluding hydrogens is 259 g/mol. The van der Waals surface area contributed by atoms with E-state index >= 15 is 0 Å². The normalized spacial score (nSPS) is 10.7. The van der Waals surface area contributed by atoms with Crippen LogP contribution in [-0.2, 0) is 0 Å². The van der Waals surface area contributed by atoms with Gasteiger partial charge in [0, 0.05) is 11.6 Å². The van der Waals surface area contributed by atoms with Crippen LogP contribution in [-0.4, -0.2) is 7.11 Å². The molecule has 0 unspecified atom stereocenters. The Balaban J connectivity index is 2.19. The van der Waals surface area contributed by atoms with E-state index in [4.69, 9.17) is 9.15 Å². The van der Waals surface area contributed by atoms with E-state index in [0.29, 0.717) is 28.0 Å². The predicted molar refractivity (Wildman–Crippen MR) is 74.4 cm³/mol. The number of rotatable bonds is 2. The van der Waals surface area contributed by atoms with Gasteiger partial charge in [-0.2, -0.15) is 0 Å². The fourth-order valence-corrected chi connectivity index (χ4v) is 2.02. The Bertz CT molecular complexity index is 819. The third-order valence-corrected chi connectivity index (χ3v) is 3.06. The molecule has 0 saturated heterocycles. The SMILES string of the molecule is COc1ccc2oc(-c3ccc(F)cc3)cc(=O)c2c1. The average molecular weight is 270 g/mol. The zero-order valence-electron chi connectivity index (χ0n) is 10.7. The van der Waals surface area contributed by atoms with E-state index in [-0.39, 0.29) is 11.2 Å². The van der Waals surface area contributed by atoms with E-state index in [2.05, 4.69) is 0 Å². The van der Waals surface area contributed by atoms with Crippen molar-refractivity contribution in [2.75, 3.05) is 7.11 Å². The topological polar surface area (TPSA) is 39.4 Å². The quantitative estimate of drug-likeness (QED) is 0.714. The van der Waals surface area contributed by atoms with E-state index in [1.165, 1.54) is 25.3 Å². The largest absolute Gasteiger partial charge is 0.497 e. The molecule has 100 valence electrons.